The number of alkyl halides is 6. The van der Waals surface area contributed by atoms with Gasteiger partial charge in [-0.05, 0) is 35.4 Å². The summed E-state index contributed by atoms with van der Waals surface area (Å²) < 4.78 is 74.9. The van der Waals surface area contributed by atoms with Crippen molar-refractivity contribution < 1.29 is 26.3 Å². The molecule has 2 aromatic carbocycles. The van der Waals surface area contributed by atoms with Gasteiger partial charge in [0, 0.05) is 5.84 Å². The summed E-state index contributed by atoms with van der Waals surface area (Å²) in [6, 6.07) is 7.26. The van der Waals surface area contributed by atoms with E-state index in [1.165, 1.54) is 0 Å². The van der Waals surface area contributed by atoms with Gasteiger partial charge < -0.3 is 16.1 Å². The van der Waals surface area contributed by atoms with Gasteiger partial charge in [-0.15, -0.1) is 0 Å². The highest BCUT2D eigenvalue weighted by molar-refractivity contribution is 6.13. The van der Waals surface area contributed by atoms with Crippen LogP contribution in [0.1, 0.15) is 22.3 Å². The van der Waals surface area contributed by atoms with Crippen LogP contribution in [0.15, 0.2) is 53.5 Å². The molecule has 0 heterocycles. The standard InChI is InChI=1S/C16H10F6N3/c17-15(18,19)11-5-1-9(2-6-11)13(23)25-14(24)10-3-7-12(8-4-10)16(20,21)22/h1-8H,(H2-,23,24,25)/q-1. The molecule has 0 fully saturated rings. The summed E-state index contributed by atoms with van der Waals surface area (Å²) in [5, 5.41) is 7.71. The summed E-state index contributed by atoms with van der Waals surface area (Å²) in [7, 11) is 0. The van der Waals surface area contributed by atoms with Crippen molar-refractivity contribution in [2.75, 3.05) is 0 Å². The molecule has 132 valence electrons. The summed E-state index contributed by atoms with van der Waals surface area (Å²) in [6.45, 7) is 0. The summed E-state index contributed by atoms with van der Waals surface area (Å²) in [5.74, 6) is -0.947. The SMILES string of the molecule is N=C(N=C([NH-])c1ccc(C(F)(F)F)cc1)c1ccc(C(F)(F)F)cc1. The molecule has 0 aliphatic heterocycles. The van der Waals surface area contributed by atoms with E-state index in [1.54, 1.807) is 0 Å². The van der Waals surface area contributed by atoms with Crippen molar-refractivity contribution in [3.63, 3.8) is 0 Å². The van der Waals surface area contributed by atoms with Gasteiger partial charge in [0.2, 0.25) is 0 Å². The lowest BCUT2D eigenvalue weighted by molar-refractivity contribution is -0.138. The van der Waals surface area contributed by atoms with Crippen molar-refractivity contribution >= 4 is 11.7 Å². The first-order valence-corrected chi connectivity index (χ1v) is 6.72. The molecule has 2 N–H and O–H groups in total. The number of nitrogens with zero attached hydrogens (tertiary/aromatic N) is 1. The highest BCUT2D eigenvalue weighted by Gasteiger charge is 2.30. The van der Waals surface area contributed by atoms with Crippen molar-refractivity contribution in [1.29, 1.82) is 5.41 Å². The third-order valence-electron chi connectivity index (χ3n) is 3.19. The molecule has 9 heteroatoms. The van der Waals surface area contributed by atoms with E-state index in [9.17, 15) is 26.3 Å². The molecule has 2 aromatic rings. The van der Waals surface area contributed by atoms with Crippen LogP contribution in [-0.4, -0.2) is 11.7 Å². The maximum Gasteiger partial charge on any atom is 0.416 e. The number of halogens is 6. The van der Waals surface area contributed by atoms with Gasteiger partial charge in [0.1, 0.15) is 0 Å². The minimum atomic E-state index is -4.51. The Bertz CT molecular complexity index is 787. The van der Waals surface area contributed by atoms with Gasteiger partial charge in [-0.1, -0.05) is 30.1 Å². The summed E-state index contributed by atoms with van der Waals surface area (Å²) in [4.78, 5) is 3.61. The van der Waals surface area contributed by atoms with Crippen LogP contribution in [0.25, 0.3) is 5.73 Å². The predicted octanol–water partition coefficient (Wildman–Crippen LogP) is 5.55. The van der Waals surface area contributed by atoms with Crippen LogP contribution < -0.4 is 0 Å². The molecule has 0 amide bonds. The number of hydrogen-bond acceptors (Lipinski definition) is 1. The fourth-order valence-corrected chi connectivity index (χ4v) is 1.88. The van der Waals surface area contributed by atoms with Gasteiger partial charge in [0.25, 0.3) is 0 Å². The molecule has 0 bridgehead atoms. The van der Waals surface area contributed by atoms with E-state index >= 15 is 0 Å². The van der Waals surface area contributed by atoms with Gasteiger partial charge in [-0.3, -0.25) is 0 Å². The lowest BCUT2D eigenvalue weighted by Gasteiger charge is -2.14. The zero-order chi connectivity index (χ0) is 18.8. The van der Waals surface area contributed by atoms with Crippen LogP contribution in [0.4, 0.5) is 26.3 Å². The first-order chi connectivity index (χ1) is 11.5. The summed E-state index contributed by atoms with van der Waals surface area (Å²) >= 11 is 0. The fraction of sp³-hybridized carbons (Fsp3) is 0.125. The van der Waals surface area contributed by atoms with Crippen molar-refractivity contribution in [3.05, 3.63) is 76.5 Å². The Labute approximate surface area is 138 Å². The number of benzene rings is 2. The molecule has 25 heavy (non-hydrogen) atoms. The lowest BCUT2D eigenvalue weighted by atomic mass is 10.1. The topological polar surface area (TPSA) is 60.0 Å². The molecular weight excluding hydrogens is 348 g/mol. The van der Waals surface area contributed by atoms with E-state index in [4.69, 9.17) is 11.1 Å². The van der Waals surface area contributed by atoms with Gasteiger partial charge in [0.05, 0.1) is 11.1 Å². The quantitative estimate of drug-likeness (QED) is 0.416. The average molecular weight is 358 g/mol. The number of rotatable bonds is 2. The number of amidine groups is 2. The van der Waals surface area contributed by atoms with Crippen LogP contribution in [0.3, 0.4) is 0 Å². The van der Waals surface area contributed by atoms with Crippen LogP contribution >= 0.6 is 0 Å². The Morgan fingerprint density at radius 3 is 1.44 bits per heavy atom. The zero-order valence-corrected chi connectivity index (χ0v) is 12.3. The van der Waals surface area contributed by atoms with Crippen molar-refractivity contribution in [1.82, 2.24) is 0 Å². The first-order valence-electron chi connectivity index (χ1n) is 6.72. The van der Waals surface area contributed by atoms with Crippen molar-refractivity contribution in [3.8, 4) is 0 Å². The van der Waals surface area contributed by atoms with Gasteiger partial charge in [0.15, 0.2) is 0 Å². The minimum absolute atomic E-state index is 0.0460. The molecule has 0 saturated heterocycles. The summed E-state index contributed by atoms with van der Waals surface area (Å²) in [6.07, 6.45) is -9.02. The Morgan fingerprint density at radius 2 is 1.08 bits per heavy atom. The van der Waals surface area contributed by atoms with Crippen LogP contribution in [0, 0.1) is 5.41 Å². The molecule has 0 saturated carbocycles. The zero-order valence-electron chi connectivity index (χ0n) is 12.3. The largest absolute Gasteiger partial charge is 0.482 e. The number of hydrogen-bond donors (Lipinski definition) is 1. The molecule has 0 atom stereocenters. The minimum Gasteiger partial charge on any atom is -0.482 e. The van der Waals surface area contributed by atoms with Crippen LogP contribution in [0.2, 0.25) is 0 Å². The van der Waals surface area contributed by atoms with E-state index in [-0.39, 0.29) is 11.1 Å². The van der Waals surface area contributed by atoms with Crippen LogP contribution in [-0.2, 0) is 12.4 Å². The number of nitrogens with one attached hydrogen (secondary N) is 2. The van der Waals surface area contributed by atoms with Crippen molar-refractivity contribution in [2.24, 2.45) is 4.99 Å². The molecule has 0 aromatic heterocycles. The normalized spacial score (nSPS) is 13.0. The van der Waals surface area contributed by atoms with E-state index in [2.05, 4.69) is 4.99 Å². The Hall–Kier alpha value is -2.84. The van der Waals surface area contributed by atoms with E-state index in [1.807, 2.05) is 0 Å². The monoisotopic (exact) mass is 358 g/mol. The highest BCUT2D eigenvalue weighted by Crippen LogP contribution is 2.30. The molecule has 0 unspecified atom stereocenters. The molecule has 2 rings (SSSR count). The smallest absolute Gasteiger partial charge is 0.416 e. The van der Waals surface area contributed by atoms with Crippen LogP contribution in [0.5, 0.6) is 0 Å². The molecule has 0 spiro atoms. The average Bonchev–Trinajstić information content (AvgIpc) is 2.53. The summed E-state index contributed by atoms with van der Waals surface area (Å²) in [5.41, 5.74) is 6.03. The maximum atomic E-state index is 12.5. The Morgan fingerprint density at radius 1 is 0.720 bits per heavy atom. The maximum absolute atomic E-state index is 12.5. The van der Waals surface area contributed by atoms with E-state index < -0.39 is 35.2 Å². The van der Waals surface area contributed by atoms with E-state index in [0.29, 0.717) is 0 Å². The second kappa shape index (κ2) is 6.58. The molecule has 0 radical (unpaired) electrons. The molecule has 0 aliphatic carbocycles. The lowest BCUT2D eigenvalue weighted by Crippen LogP contribution is -2.07. The fourth-order valence-electron chi connectivity index (χ4n) is 1.88. The van der Waals surface area contributed by atoms with E-state index in [0.717, 1.165) is 48.5 Å². The first kappa shape index (κ1) is 18.5. The number of aliphatic imine (C=N–C) groups is 1. The molecular formula is C16H10F6N3-. The Balaban J connectivity index is 2.20. The van der Waals surface area contributed by atoms with Gasteiger partial charge >= 0.3 is 12.4 Å². The third-order valence-corrected chi connectivity index (χ3v) is 3.19. The molecule has 3 nitrogen and oxygen atoms in total. The highest BCUT2D eigenvalue weighted by atomic mass is 19.4. The van der Waals surface area contributed by atoms with Gasteiger partial charge in [-0.25, -0.2) is 0 Å². The second-order valence-electron chi connectivity index (χ2n) is 4.96. The van der Waals surface area contributed by atoms with Gasteiger partial charge in [-0.2, -0.15) is 26.3 Å². The predicted molar refractivity (Wildman–Crippen MR) is 80.6 cm³/mol. The molecule has 0 aliphatic rings. The van der Waals surface area contributed by atoms with Crippen molar-refractivity contribution in [2.45, 2.75) is 12.4 Å². The second-order valence-corrected chi connectivity index (χ2v) is 4.96. The third kappa shape index (κ3) is 4.59. The Kier molecular flexibility index (Phi) is 4.87.